The molecule has 1 heterocycles. The molecule has 2 N–H and O–H groups in total. The van der Waals surface area contributed by atoms with Gasteiger partial charge < -0.3 is 10.6 Å². The average molecular weight is 303 g/mol. The Morgan fingerprint density at radius 1 is 1.15 bits per heavy atom. The van der Waals surface area contributed by atoms with Crippen LogP contribution in [0.25, 0.3) is 0 Å². The fourth-order valence-electron chi connectivity index (χ4n) is 3.58. The summed E-state index contributed by atoms with van der Waals surface area (Å²) in [5.41, 5.74) is 0. The van der Waals surface area contributed by atoms with Crippen molar-refractivity contribution in [2.45, 2.75) is 70.8 Å². The van der Waals surface area contributed by atoms with Gasteiger partial charge in [0.05, 0.1) is 0 Å². The molecule has 2 fully saturated rings. The van der Waals surface area contributed by atoms with Crippen LogP contribution >= 0.6 is 12.4 Å². The Balaban J connectivity index is 0.00000200. The molecule has 4 heteroatoms. The molecule has 1 saturated carbocycles. The Bertz CT molecular complexity index is 274. The van der Waals surface area contributed by atoms with E-state index in [1.807, 2.05) is 0 Å². The molecule has 0 spiro atoms. The topological polar surface area (TPSA) is 41.1 Å². The maximum Gasteiger partial charge on any atom is 0.220 e. The van der Waals surface area contributed by atoms with Crippen LogP contribution < -0.4 is 10.6 Å². The van der Waals surface area contributed by atoms with E-state index in [0.29, 0.717) is 6.04 Å². The van der Waals surface area contributed by atoms with E-state index in [2.05, 4.69) is 17.6 Å². The van der Waals surface area contributed by atoms with Gasteiger partial charge in [0.25, 0.3) is 0 Å². The van der Waals surface area contributed by atoms with Gasteiger partial charge in [-0.2, -0.15) is 0 Å². The largest absolute Gasteiger partial charge is 0.353 e. The number of hydrogen-bond donors (Lipinski definition) is 2. The summed E-state index contributed by atoms with van der Waals surface area (Å²) >= 11 is 0. The highest BCUT2D eigenvalue weighted by molar-refractivity contribution is 5.85. The SMILES string of the molecule is CC(NC(=O)CCC1CCNCC1)C1CCCCC1.Cl. The summed E-state index contributed by atoms with van der Waals surface area (Å²) in [4.78, 5) is 12.0. The fraction of sp³-hybridized carbons (Fsp3) is 0.938. The number of carbonyl (C=O) groups is 1. The minimum absolute atomic E-state index is 0. The van der Waals surface area contributed by atoms with E-state index >= 15 is 0 Å². The number of piperidine rings is 1. The standard InChI is InChI=1S/C16H30N2O.ClH/c1-13(15-5-3-2-4-6-15)18-16(19)8-7-14-9-11-17-12-10-14;/h13-15,17H,2-12H2,1H3,(H,18,19);1H. The van der Waals surface area contributed by atoms with E-state index < -0.39 is 0 Å². The lowest BCUT2D eigenvalue weighted by Crippen LogP contribution is -2.39. The Labute approximate surface area is 130 Å². The molecule has 118 valence electrons. The molecule has 0 radical (unpaired) electrons. The van der Waals surface area contributed by atoms with Crippen molar-refractivity contribution in [3.63, 3.8) is 0 Å². The molecule has 1 atom stereocenters. The number of nitrogens with one attached hydrogen (secondary N) is 2. The van der Waals surface area contributed by atoms with Crippen LogP contribution in [-0.4, -0.2) is 25.0 Å². The van der Waals surface area contributed by atoms with Crippen LogP contribution in [0.5, 0.6) is 0 Å². The Morgan fingerprint density at radius 3 is 2.45 bits per heavy atom. The Hall–Kier alpha value is -0.280. The normalized spacial score (nSPS) is 22.9. The third-order valence-corrected chi connectivity index (χ3v) is 4.98. The second-order valence-electron chi connectivity index (χ2n) is 6.49. The molecule has 0 aromatic heterocycles. The summed E-state index contributed by atoms with van der Waals surface area (Å²) < 4.78 is 0. The molecule has 1 aliphatic heterocycles. The first-order chi connectivity index (χ1) is 9.25. The van der Waals surface area contributed by atoms with E-state index in [1.165, 1.54) is 44.9 Å². The molecule has 1 unspecified atom stereocenters. The van der Waals surface area contributed by atoms with E-state index in [9.17, 15) is 4.79 Å². The minimum Gasteiger partial charge on any atom is -0.353 e. The summed E-state index contributed by atoms with van der Waals surface area (Å²) in [5.74, 6) is 1.75. The summed E-state index contributed by atoms with van der Waals surface area (Å²) in [6, 6.07) is 0.376. The molecular weight excluding hydrogens is 272 g/mol. The molecule has 0 bridgehead atoms. The van der Waals surface area contributed by atoms with Gasteiger partial charge in [-0.25, -0.2) is 0 Å². The molecule has 0 aromatic rings. The van der Waals surface area contributed by atoms with Crippen molar-refractivity contribution in [1.82, 2.24) is 10.6 Å². The molecule has 1 amide bonds. The van der Waals surface area contributed by atoms with Gasteiger partial charge in [0, 0.05) is 12.5 Å². The zero-order chi connectivity index (χ0) is 13.5. The first-order valence-electron chi connectivity index (χ1n) is 8.26. The Morgan fingerprint density at radius 2 is 1.80 bits per heavy atom. The van der Waals surface area contributed by atoms with Crippen LogP contribution in [0.2, 0.25) is 0 Å². The van der Waals surface area contributed by atoms with Gasteiger partial charge in [0.1, 0.15) is 0 Å². The van der Waals surface area contributed by atoms with Crippen molar-refractivity contribution in [1.29, 1.82) is 0 Å². The third-order valence-electron chi connectivity index (χ3n) is 4.98. The Kier molecular flexibility index (Phi) is 8.55. The van der Waals surface area contributed by atoms with Gasteiger partial charge in [-0.3, -0.25) is 4.79 Å². The van der Waals surface area contributed by atoms with Crippen LogP contribution in [-0.2, 0) is 4.79 Å². The van der Waals surface area contributed by atoms with Crippen molar-refractivity contribution in [2.24, 2.45) is 11.8 Å². The van der Waals surface area contributed by atoms with Crippen LogP contribution in [0.1, 0.15) is 64.7 Å². The highest BCUT2D eigenvalue weighted by atomic mass is 35.5. The number of rotatable bonds is 5. The highest BCUT2D eigenvalue weighted by Crippen LogP contribution is 2.26. The van der Waals surface area contributed by atoms with Gasteiger partial charge in [-0.15, -0.1) is 12.4 Å². The van der Waals surface area contributed by atoms with Crippen LogP contribution in [0.3, 0.4) is 0 Å². The number of carbonyl (C=O) groups excluding carboxylic acids is 1. The predicted molar refractivity (Wildman–Crippen MR) is 86.3 cm³/mol. The molecule has 2 rings (SSSR count). The monoisotopic (exact) mass is 302 g/mol. The van der Waals surface area contributed by atoms with E-state index in [1.54, 1.807) is 0 Å². The van der Waals surface area contributed by atoms with Gasteiger partial charge in [0.15, 0.2) is 0 Å². The van der Waals surface area contributed by atoms with Crippen LogP contribution in [0.15, 0.2) is 0 Å². The first kappa shape index (κ1) is 17.8. The lowest BCUT2D eigenvalue weighted by atomic mass is 9.84. The highest BCUT2D eigenvalue weighted by Gasteiger charge is 2.22. The van der Waals surface area contributed by atoms with Gasteiger partial charge in [0.2, 0.25) is 5.91 Å². The van der Waals surface area contributed by atoms with E-state index in [0.717, 1.165) is 37.8 Å². The van der Waals surface area contributed by atoms with Crippen LogP contribution in [0, 0.1) is 11.8 Å². The average Bonchev–Trinajstić information content (AvgIpc) is 2.47. The zero-order valence-electron chi connectivity index (χ0n) is 12.8. The van der Waals surface area contributed by atoms with Gasteiger partial charge in [-0.1, -0.05) is 19.3 Å². The summed E-state index contributed by atoms with van der Waals surface area (Å²) in [6.07, 6.45) is 11.0. The van der Waals surface area contributed by atoms with Crippen molar-refractivity contribution >= 4 is 18.3 Å². The maximum absolute atomic E-state index is 12.0. The molecule has 20 heavy (non-hydrogen) atoms. The van der Waals surface area contributed by atoms with Crippen molar-refractivity contribution in [3.8, 4) is 0 Å². The molecule has 3 nitrogen and oxygen atoms in total. The fourth-order valence-corrected chi connectivity index (χ4v) is 3.58. The summed E-state index contributed by atoms with van der Waals surface area (Å²) in [6.45, 7) is 4.45. The first-order valence-corrected chi connectivity index (χ1v) is 8.26. The van der Waals surface area contributed by atoms with E-state index in [4.69, 9.17) is 0 Å². The minimum atomic E-state index is 0. The zero-order valence-corrected chi connectivity index (χ0v) is 13.6. The molecule has 1 saturated heterocycles. The molecule has 1 aliphatic carbocycles. The molecular formula is C16H31ClN2O. The van der Waals surface area contributed by atoms with Gasteiger partial charge >= 0.3 is 0 Å². The number of halogens is 1. The van der Waals surface area contributed by atoms with Crippen LogP contribution in [0.4, 0.5) is 0 Å². The summed E-state index contributed by atoms with van der Waals surface area (Å²) in [5, 5.41) is 6.61. The third kappa shape index (κ3) is 6.01. The lowest BCUT2D eigenvalue weighted by Gasteiger charge is -2.28. The number of hydrogen-bond acceptors (Lipinski definition) is 2. The smallest absolute Gasteiger partial charge is 0.220 e. The van der Waals surface area contributed by atoms with Crippen molar-refractivity contribution in [2.75, 3.05) is 13.1 Å². The maximum atomic E-state index is 12.0. The molecule has 2 aliphatic rings. The number of amides is 1. The molecule has 0 aromatic carbocycles. The van der Waals surface area contributed by atoms with E-state index in [-0.39, 0.29) is 18.3 Å². The van der Waals surface area contributed by atoms with Crippen molar-refractivity contribution in [3.05, 3.63) is 0 Å². The summed E-state index contributed by atoms with van der Waals surface area (Å²) in [7, 11) is 0. The predicted octanol–water partition coefficient (Wildman–Crippen LogP) is 3.27. The van der Waals surface area contributed by atoms with Gasteiger partial charge in [-0.05, 0) is 64.0 Å². The second-order valence-corrected chi connectivity index (χ2v) is 6.49. The quantitative estimate of drug-likeness (QED) is 0.818. The lowest BCUT2D eigenvalue weighted by molar-refractivity contribution is -0.122. The second kappa shape index (κ2) is 9.62. The van der Waals surface area contributed by atoms with Crippen molar-refractivity contribution < 1.29 is 4.79 Å².